The fourth-order valence-electron chi connectivity index (χ4n) is 1.90. The highest BCUT2D eigenvalue weighted by Crippen LogP contribution is 2.21. The molecule has 0 fully saturated rings. The molecule has 0 spiro atoms. The van der Waals surface area contributed by atoms with Crippen molar-refractivity contribution in [3.63, 3.8) is 0 Å². The summed E-state index contributed by atoms with van der Waals surface area (Å²) in [6.07, 6.45) is 0. The minimum atomic E-state index is 0.0770. The Morgan fingerprint density at radius 2 is 2.00 bits per heavy atom. The van der Waals surface area contributed by atoms with Gasteiger partial charge in [0.1, 0.15) is 5.75 Å². The molecule has 0 aliphatic rings. The van der Waals surface area contributed by atoms with E-state index >= 15 is 0 Å². The summed E-state index contributed by atoms with van der Waals surface area (Å²) in [7, 11) is 1.62. The highest BCUT2D eigenvalue weighted by molar-refractivity contribution is 14.1. The summed E-state index contributed by atoms with van der Waals surface area (Å²) in [5.74, 6) is 0.829. The molecule has 2 aromatic carbocycles. The van der Waals surface area contributed by atoms with Crippen LogP contribution in [0.1, 0.15) is 11.1 Å². The molecule has 4 N–H and O–H groups in total. The molecule has 0 aromatic heterocycles. The maximum absolute atomic E-state index is 8.75. The van der Waals surface area contributed by atoms with E-state index < -0.39 is 0 Å². The molecular weight excluding hydrogens is 381 g/mol. The molecule has 2 rings (SSSR count). The van der Waals surface area contributed by atoms with Gasteiger partial charge in [0.15, 0.2) is 5.84 Å². The third-order valence-electron chi connectivity index (χ3n) is 3.01. The lowest BCUT2D eigenvalue weighted by atomic mass is 10.1. The summed E-state index contributed by atoms with van der Waals surface area (Å²) in [4.78, 5) is 0. The van der Waals surface area contributed by atoms with E-state index in [9.17, 15) is 0 Å². The smallest absolute Gasteiger partial charge is 0.170 e. The number of rotatable bonds is 5. The van der Waals surface area contributed by atoms with Gasteiger partial charge in [-0.05, 0) is 65.1 Å². The maximum atomic E-state index is 8.75. The first-order chi connectivity index (χ1) is 10.1. The molecule has 6 heteroatoms. The molecule has 0 saturated heterocycles. The van der Waals surface area contributed by atoms with Crippen molar-refractivity contribution in [1.29, 1.82) is 0 Å². The number of methoxy groups -OCH3 is 1. The Morgan fingerprint density at radius 3 is 2.62 bits per heavy atom. The van der Waals surface area contributed by atoms with Gasteiger partial charge in [-0.1, -0.05) is 5.16 Å². The van der Waals surface area contributed by atoms with Crippen LogP contribution in [0.15, 0.2) is 47.6 Å². The van der Waals surface area contributed by atoms with Gasteiger partial charge in [-0.3, -0.25) is 0 Å². The molecule has 0 heterocycles. The van der Waals surface area contributed by atoms with Gasteiger partial charge in [0.05, 0.1) is 7.11 Å². The van der Waals surface area contributed by atoms with Gasteiger partial charge >= 0.3 is 0 Å². The van der Waals surface area contributed by atoms with Gasteiger partial charge in [0.25, 0.3) is 0 Å². The summed E-state index contributed by atoms with van der Waals surface area (Å²) in [5.41, 5.74) is 8.22. The largest absolute Gasteiger partial charge is 0.496 e. The summed E-state index contributed by atoms with van der Waals surface area (Å²) in [5, 5.41) is 15.1. The third-order valence-corrected chi connectivity index (χ3v) is 3.73. The van der Waals surface area contributed by atoms with E-state index in [2.05, 4.69) is 33.1 Å². The molecule has 0 saturated carbocycles. The molecule has 0 atom stereocenters. The summed E-state index contributed by atoms with van der Waals surface area (Å²) in [6, 6.07) is 13.5. The maximum Gasteiger partial charge on any atom is 0.170 e. The van der Waals surface area contributed by atoms with Crippen LogP contribution in [0.5, 0.6) is 5.75 Å². The van der Waals surface area contributed by atoms with Crippen molar-refractivity contribution in [2.24, 2.45) is 10.9 Å². The number of amidine groups is 1. The van der Waals surface area contributed by atoms with E-state index in [1.54, 1.807) is 19.2 Å². The topological polar surface area (TPSA) is 79.9 Å². The molecule has 0 unspecified atom stereocenters. The van der Waals surface area contributed by atoms with Crippen molar-refractivity contribution >= 4 is 34.1 Å². The molecule has 0 aliphatic heterocycles. The van der Waals surface area contributed by atoms with Crippen molar-refractivity contribution in [3.05, 3.63) is 57.2 Å². The van der Waals surface area contributed by atoms with Crippen molar-refractivity contribution in [3.8, 4) is 5.75 Å². The second-order valence-corrected chi connectivity index (χ2v) is 5.62. The fourth-order valence-corrected chi connectivity index (χ4v) is 2.26. The van der Waals surface area contributed by atoms with Crippen LogP contribution in [-0.2, 0) is 6.54 Å². The Bertz CT molecular complexity index is 642. The number of ether oxygens (including phenoxy) is 1. The Kier molecular flexibility index (Phi) is 5.26. The molecule has 0 amide bonds. The van der Waals surface area contributed by atoms with Crippen LogP contribution < -0.4 is 15.8 Å². The Hall–Kier alpha value is -1.96. The molecule has 110 valence electrons. The van der Waals surface area contributed by atoms with E-state index in [0.717, 1.165) is 17.0 Å². The highest BCUT2D eigenvalue weighted by atomic mass is 127. The first-order valence-corrected chi connectivity index (χ1v) is 7.36. The third kappa shape index (κ3) is 4.01. The van der Waals surface area contributed by atoms with E-state index in [-0.39, 0.29) is 5.84 Å². The van der Waals surface area contributed by atoms with Crippen molar-refractivity contribution in [2.75, 3.05) is 12.4 Å². The number of oxime groups is 1. The van der Waals surface area contributed by atoms with Crippen LogP contribution in [0.3, 0.4) is 0 Å². The van der Waals surface area contributed by atoms with Crippen molar-refractivity contribution in [2.45, 2.75) is 6.54 Å². The second kappa shape index (κ2) is 7.16. The zero-order chi connectivity index (χ0) is 15.2. The van der Waals surface area contributed by atoms with E-state index in [0.29, 0.717) is 12.1 Å². The lowest BCUT2D eigenvalue weighted by molar-refractivity contribution is 0.318. The molecule has 0 aliphatic carbocycles. The predicted molar refractivity (Wildman–Crippen MR) is 92.0 cm³/mol. The van der Waals surface area contributed by atoms with Crippen LogP contribution in [0.2, 0.25) is 0 Å². The van der Waals surface area contributed by atoms with Crippen LogP contribution >= 0.6 is 22.6 Å². The van der Waals surface area contributed by atoms with E-state index in [1.807, 2.05) is 30.3 Å². The number of hydrogen-bond acceptors (Lipinski definition) is 4. The molecular formula is C15H16IN3O2. The standard InChI is InChI=1S/C15H16IN3O2/c1-21-14-7-2-10(15(17)19-20)8-11(14)9-18-13-5-3-12(16)4-6-13/h2-8,18,20H,9H2,1H3,(H2,17,19). The van der Waals surface area contributed by atoms with Gasteiger partial charge < -0.3 is 21.0 Å². The minimum Gasteiger partial charge on any atom is -0.496 e. The zero-order valence-electron chi connectivity index (χ0n) is 11.5. The van der Waals surface area contributed by atoms with Crippen LogP contribution in [0.4, 0.5) is 5.69 Å². The number of anilines is 1. The number of benzene rings is 2. The average molecular weight is 397 g/mol. The van der Waals surface area contributed by atoms with Gasteiger partial charge in [-0.25, -0.2) is 0 Å². The molecule has 5 nitrogen and oxygen atoms in total. The lowest BCUT2D eigenvalue weighted by Gasteiger charge is -2.12. The highest BCUT2D eigenvalue weighted by Gasteiger charge is 2.07. The van der Waals surface area contributed by atoms with Crippen LogP contribution in [-0.4, -0.2) is 18.2 Å². The fraction of sp³-hybridized carbons (Fsp3) is 0.133. The van der Waals surface area contributed by atoms with Gasteiger partial charge in [0, 0.05) is 26.9 Å². The lowest BCUT2D eigenvalue weighted by Crippen LogP contribution is -2.14. The quantitative estimate of drug-likeness (QED) is 0.238. The molecule has 21 heavy (non-hydrogen) atoms. The van der Waals surface area contributed by atoms with Crippen LogP contribution in [0, 0.1) is 3.57 Å². The Balaban J connectivity index is 2.19. The van der Waals surface area contributed by atoms with Gasteiger partial charge in [-0.2, -0.15) is 0 Å². The normalized spacial score (nSPS) is 11.2. The number of halogens is 1. The number of hydrogen-bond donors (Lipinski definition) is 3. The average Bonchev–Trinajstić information content (AvgIpc) is 2.53. The molecule has 2 aromatic rings. The Morgan fingerprint density at radius 1 is 1.29 bits per heavy atom. The van der Waals surface area contributed by atoms with Gasteiger partial charge in [-0.15, -0.1) is 0 Å². The first-order valence-electron chi connectivity index (χ1n) is 6.28. The summed E-state index contributed by atoms with van der Waals surface area (Å²) >= 11 is 2.26. The monoisotopic (exact) mass is 397 g/mol. The predicted octanol–water partition coefficient (Wildman–Crippen LogP) is 3.01. The molecule has 0 radical (unpaired) electrons. The number of nitrogens with two attached hydrogens (primary N) is 1. The first kappa shape index (κ1) is 15.4. The number of nitrogens with zero attached hydrogens (tertiary/aromatic N) is 1. The second-order valence-electron chi connectivity index (χ2n) is 4.37. The number of nitrogens with one attached hydrogen (secondary N) is 1. The van der Waals surface area contributed by atoms with Crippen LogP contribution in [0.25, 0.3) is 0 Å². The van der Waals surface area contributed by atoms with Crippen molar-refractivity contribution in [1.82, 2.24) is 0 Å². The SMILES string of the molecule is COc1ccc(/C(N)=N/O)cc1CNc1ccc(I)cc1. The molecule has 0 bridgehead atoms. The van der Waals surface area contributed by atoms with E-state index in [1.165, 1.54) is 3.57 Å². The summed E-state index contributed by atoms with van der Waals surface area (Å²) in [6.45, 7) is 0.580. The summed E-state index contributed by atoms with van der Waals surface area (Å²) < 4.78 is 6.52. The zero-order valence-corrected chi connectivity index (χ0v) is 13.7. The van der Waals surface area contributed by atoms with Crippen molar-refractivity contribution < 1.29 is 9.94 Å². The van der Waals surface area contributed by atoms with Gasteiger partial charge in [0.2, 0.25) is 0 Å². The van der Waals surface area contributed by atoms with E-state index in [4.69, 9.17) is 15.7 Å². The minimum absolute atomic E-state index is 0.0770. The Labute approximate surface area is 136 Å².